The van der Waals surface area contributed by atoms with E-state index >= 15 is 0 Å². The van der Waals surface area contributed by atoms with Gasteiger partial charge in [-0.05, 0) is 60.1 Å². The Morgan fingerprint density at radius 3 is 2.05 bits per heavy atom. The fourth-order valence-electron chi connectivity index (χ4n) is 6.30. The summed E-state index contributed by atoms with van der Waals surface area (Å²) in [4.78, 5) is 31.6. The number of piperidine rings is 1. The molecule has 2 saturated heterocycles. The number of halogens is 3. The minimum absolute atomic E-state index is 0.0416. The highest BCUT2D eigenvalue weighted by Crippen LogP contribution is 2.45. The van der Waals surface area contributed by atoms with Gasteiger partial charge in [0.2, 0.25) is 0 Å². The van der Waals surface area contributed by atoms with Crippen molar-refractivity contribution >= 4 is 11.9 Å². The van der Waals surface area contributed by atoms with Crippen LogP contribution in [0.25, 0.3) is 11.1 Å². The second-order valence-electron chi connectivity index (χ2n) is 10.0. The van der Waals surface area contributed by atoms with Gasteiger partial charge in [0.15, 0.2) is 5.78 Å². The Kier molecular flexibility index (Phi) is 5.77. The predicted molar refractivity (Wildman–Crippen MR) is 130 cm³/mol. The molecule has 0 saturated carbocycles. The van der Waals surface area contributed by atoms with Gasteiger partial charge in [-0.2, -0.15) is 13.2 Å². The van der Waals surface area contributed by atoms with Crippen molar-refractivity contribution in [3.05, 3.63) is 89.2 Å². The van der Waals surface area contributed by atoms with Crippen LogP contribution in [0.15, 0.2) is 66.7 Å². The van der Waals surface area contributed by atoms with Gasteiger partial charge in [0, 0.05) is 23.9 Å². The number of Topliss-reactive ketones (excluding diaryl/α,β-unsaturated/α-hetero) is 1. The number of aromatic nitrogens is 1. The minimum atomic E-state index is -4.61. The van der Waals surface area contributed by atoms with E-state index in [9.17, 15) is 22.8 Å². The number of amides is 1. The van der Waals surface area contributed by atoms with Crippen molar-refractivity contribution in [3.8, 4) is 11.1 Å². The third kappa shape index (κ3) is 4.18. The summed E-state index contributed by atoms with van der Waals surface area (Å²) in [5.74, 6) is -0.901. The number of hydrogen-bond acceptors (Lipinski definition) is 4. The molecule has 5 nitrogen and oxygen atoms in total. The lowest BCUT2D eigenvalue weighted by Gasteiger charge is -2.37. The molecule has 190 valence electrons. The molecule has 2 unspecified atom stereocenters. The van der Waals surface area contributed by atoms with Gasteiger partial charge in [-0.25, -0.2) is 9.78 Å². The number of ether oxygens (including phenoxy) is 1. The van der Waals surface area contributed by atoms with Crippen LogP contribution in [0.1, 0.15) is 58.9 Å². The third-order valence-electron chi connectivity index (χ3n) is 7.94. The lowest BCUT2D eigenvalue weighted by Crippen LogP contribution is -2.48. The number of fused-ring (bicyclic) bond motifs is 5. The molecule has 37 heavy (non-hydrogen) atoms. The summed E-state index contributed by atoms with van der Waals surface area (Å²) in [5.41, 5.74) is 3.34. The molecule has 2 aromatic carbocycles. The highest BCUT2D eigenvalue weighted by Gasteiger charge is 2.46. The number of rotatable bonds is 4. The van der Waals surface area contributed by atoms with Crippen LogP contribution in [0.3, 0.4) is 0 Å². The molecular weight excluding hydrogens is 481 g/mol. The molecule has 6 rings (SSSR count). The average Bonchev–Trinajstić information content (AvgIpc) is 3.37. The van der Waals surface area contributed by atoms with E-state index in [-0.39, 0.29) is 30.3 Å². The quantitative estimate of drug-likeness (QED) is 0.380. The van der Waals surface area contributed by atoms with Crippen molar-refractivity contribution in [2.24, 2.45) is 5.92 Å². The lowest BCUT2D eigenvalue weighted by molar-refractivity contribution is -0.141. The Morgan fingerprint density at radius 1 is 0.865 bits per heavy atom. The maximum Gasteiger partial charge on any atom is 0.433 e. The van der Waals surface area contributed by atoms with Gasteiger partial charge in [-0.1, -0.05) is 54.6 Å². The van der Waals surface area contributed by atoms with Crippen LogP contribution in [0.2, 0.25) is 0 Å². The zero-order valence-corrected chi connectivity index (χ0v) is 19.9. The van der Waals surface area contributed by atoms with E-state index in [1.165, 1.54) is 12.1 Å². The van der Waals surface area contributed by atoms with E-state index in [1.807, 2.05) is 24.3 Å². The summed E-state index contributed by atoms with van der Waals surface area (Å²) in [7, 11) is 0. The first kappa shape index (κ1) is 23.7. The maximum absolute atomic E-state index is 13.2. The Labute approximate surface area is 212 Å². The largest absolute Gasteiger partial charge is 0.448 e. The zero-order valence-electron chi connectivity index (χ0n) is 19.9. The number of benzene rings is 2. The molecule has 2 atom stereocenters. The van der Waals surface area contributed by atoms with Crippen molar-refractivity contribution in [2.45, 2.75) is 49.9 Å². The topological polar surface area (TPSA) is 59.5 Å². The van der Waals surface area contributed by atoms with Crippen LogP contribution in [0, 0.1) is 5.92 Å². The zero-order chi connectivity index (χ0) is 25.7. The van der Waals surface area contributed by atoms with Gasteiger partial charge in [-0.3, -0.25) is 4.79 Å². The molecule has 2 aliphatic heterocycles. The Bertz CT molecular complexity index is 1310. The molecule has 1 aromatic heterocycles. The smallest absolute Gasteiger partial charge is 0.433 e. The van der Waals surface area contributed by atoms with Crippen LogP contribution in [0.5, 0.6) is 0 Å². The highest BCUT2D eigenvalue weighted by molar-refractivity contribution is 5.96. The lowest BCUT2D eigenvalue weighted by atomic mass is 9.86. The molecule has 3 heterocycles. The van der Waals surface area contributed by atoms with Crippen molar-refractivity contribution in [1.82, 2.24) is 9.88 Å². The van der Waals surface area contributed by atoms with Crippen molar-refractivity contribution in [1.29, 1.82) is 0 Å². The monoisotopic (exact) mass is 506 g/mol. The van der Waals surface area contributed by atoms with Gasteiger partial charge in [-0.15, -0.1) is 0 Å². The molecule has 2 bridgehead atoms. The summed E-state index contributed by atoms with van der Waals surface area (Å²) in [5, 5.41) is 0. The minimum Gasteiger partial charge on any atom is -0.448 e. The van der Waals surface area contributed by atoms with E-state index < -0.39 is 29.7 Å². The van der Waals surface area contributed by atoms with E-state index in [0.29, 0.717) is 12.8 Å². The number of carbonyl (C=O) groups excluding carboxylic acids is 2. The summed E-state index contributed by atoms with van der Waals surface area (Å²) in [6, 6.07) is 19.3. The first-order chi connectivity index (χ1) is 17.8. The first-order valence-electron chi connectivity index (χ1n) is 12.5. The van der Waals surface area contributed by atoms with Crippen molar-refractivity contribution in [2.75, 3.05) is 6.61 Å². The second kappa shape index (κ2) is 9.01. The van der Waals surface area contributed by atoms with Crippen LogP contribution >= 0.6 is 0 Å². The number of hydrogen-bond donors (Lipinski definition) is 0. The van der Waals surface area contributed by atoms with Crippen LogP contribution < -0.4 is 0 Å². The molecule has 2 fully saturated rings. The number of pyridine rings is 1. The molecule has 0 radical (unpaired) electrons. The molecule has 1 amide bonds. The van der Waals surface area contributed by atoms with Gasteiger partial charge in [0.25, 0.3) is 0 Å². The van der Waals surface area contributed by atoms with Gasteiger partial charge in [0.1, 0.15) is 18.0 Å². The standard InChI is InChI=1S/C29H25F3N2O3/c30-29(31,32)26-11-5-10-25(33-26)27(35)17-14-18-12-13-19(15-17)34(18)28(36)37-16-24-22-8-3-1-6-20(22)21-7-2-4-9-23(21)24/h1-11,17-19,24H,12-16H2. The van der Waals surface area contributed by atoms with Crippen molar-refractivity contribution in [3.63, 3.8) is 0 Å². The molecular formula is C29H25F3N2O3. The van der Waals surface area contributed by atoms with Gasteiger partial charge in [0.05, 0.1) is 0 Å². The Balaban J connectivity index is 1.14. The number of alkyl halides is 3. The third-order valence-corrected chi connectivity index (χ3v) is 7.94. The van der Waals surface area contributed by atoms with Gasteiger partial charge >= 0.3 is 12.3 Å². The Hall–Kier alpha value is -3.68. The molecule has 1 aliphatic carbocycles. The molecule has 0 spiro atoms. The first-order valence-corrected chi connectivity index (χ1v) is 12.5. The number of carbonyl (C=O) groups is 2. The van der Waals surface area contributed by atoms with Crippen molar-refractivity contribution < 1.29 is 27.5 Å². The predicted octanol–water partition coefficient (Wildman–Crippen LogP) is 6.48. The molecule has 0 N–H and O–H groups in total. The fourth-order valence-corrected chi connectivity index (χ4v) is 6.30. The molecule has 8 heteroatoms. The normalized spacial score (nSPS) is 22.5. The van der Waals surface area contributed by atoms with Crippen LogP contribution in [-0.2, 0) is 10.9 Å². The fraction of sp³-hybridized carbons (Fsp3) is 0.345. The molecule has 3 aliphatic rings. The van der Waals surface area contributed by atoms with E-state index in [2.05, 4.69) is 29.2 Å². The van der Waals surface area contributed by atoms with E-state index in [1.54, 1.807) is 4.90 Å². The Morgan fingerprint density at radius 2 is 1.46 bits per heavy atom. The number of ketones is 1. The SMILES string of the molecule is O=C(c1cccc(C(F)(F)F)n1)C1CC2CCC(C1)N2C(=O)OCC1c2ccccc2-c2ccccc21. The number of nitrogens with zero attached hydrogens (tertiary/aromatic N) is 2. The summed E-state index contributed by atoms with van der Waals surface area (Å²) < 4.78 is 45.1. The maximum atomic E-state index is 13.2. The summed E-state index contributed by atoms with van der Waals surface area (Å²) >= 11 is 0. The summed E-state index contributed by atoms with van der Waals surface area (Å²) in [6.45, 7) is 0.222. The second-order valence-corrected chi connectivity index (χ2v) is 10.0. The molecule has 3 aromatic rings. The summed E-state index contributed by atoms with van der Waals surface area (Å²) in [6.07, 6.45) is -2.71. The van der Waals surface area contributed by atoms with Crippen LogP contribution in [-0.4, -0.2) is 40.5 Å². The van der Waals surface area contributed by atoms with E-state index in [4.69, 9.17) is 4.74 Å². The average molecular weight is 507 g/mol. The van der Waals surface area contributed by atoms with Crippen LogP contribution in [0.4, 0.5) is 18.0 Å². The highest BCUT2D eigenvalue weighted by atomic mass is 19.4. The van der Waals surface area contributed by atoms with E-state index in [0.717, 1.165) is 41.2 Å². The van der Waals surface area contributed by atoms with Gasteiger partial charge < -0.3 is 9.64 Å².